The van der Waals surface area contributed by atoms with Crippen LogP contribution >= 0.6 is 0 Å². The smallest absolute Gasteiger partial charge is 0.267 e. The third-order valence-electron chi connectivity index (χ3n) is 2.45. The highest BCUT2D eigenvalue weighted by Gasteiger charge is 2.10. The summed E-state index contributed by atoms with van der Waals surface area (Å²) in [6.07, 6.45) is 0.759. The molecular weight excluding hydrogens is 219 g/mol. The summed E-state index contributed by atoms with van der Waals surface area (Å²) in [7, 11) is 0. The summed E-state index contributed by atoms with van der Waals surface area (Å²) < 4.78 is 13.3. The van der Waals surface area contributed by atoms with Crippen molar-refractivity contribution >= 4 is 11.6 Å². The molecule has 3 nitrogen and oxygen atoms in total. The fourth-order valence-electron chi connectivity index (χ4n) is 1.44. The highest BCUT2D eigenvalue weighted by molar-refractivity contribution is 5.95. The summed E-state index contributed by atoms with van der Waals surface area (Å²) in [5, 5.41) is 4.01. The fraction of sp³-hybridized carbons (Fsp3) is 0.385. The standard InChI is InChI=1S/C13H17FN2O/c1-4-12(9(2)3)15-16-13(17)10-7-5-6-8-11(10)14/h5-9H,4H2,1-3H3,(H,16,17)/b15-12-. The second kappa shape index (κ2) is 6.13. The van der Waals surface area contributed by atoms with Crippen molar-refractivity contribution in [1.29, 1.82) is 0 Å². The van der Waals surface area contributed by atoms with Gasteiger partial charge in [0, 0.05) is 5.71 Å². The lowest BCUT2D eigenvalue weighted by Crippen LogP contribution is -2.22. The molecule has 0 saturated carbocycles. The average Bonchev–Trinajstić information content (AvgIpc) is 2.29. The Morgan fingerprint density at radius 1 is 1.41 bits per heavy atom. The summed E-state index contributed by atoms with van der Waals surface area (Å²) in [6.45, 7) is 5.96. The molecule has 0 fully saturated rings. The summed E-state index contributed by atoms with van der Waals surface area (Å²) >= 11 is 0. The van der Waals surface area contributed by atoms with E-state index in [2.05, 4.69) is 10.5 Å². The maximum atomic E-state index is 13.3. The monoisotopic (exact) mass is 236 g/mol. The van der Waals surface area contributed by atoms with Gasteiger partial charge in [0.1, 0.15) is 5.82 Å². The molecule has 92 valence electrons. The van der Waals surface area contributed by atoms with Crippen LogP contribution in [0, 0.1) is 11.7 Å². The second-order valence-corrected chi connectivity index (χ2v) is 4.03. The van der Waals surface area contributed by atoms with Gasteiger partial charge >= 0.3 is 0 Å². The number of hydrogen-bond acceptors (Lipinski definition) is 2. The van der Waals surface area contributed by atoms with Gasteiger partial charge in [0.2, 0.25) is 0 Å². The zero-order chi connectivity index (χ0) is 12.8. The van der Waals surface area contributed by atoms with Crippen molar-refractivity contribution in [3.8, 4) is 0 Å². The Balaban J connectivity index is 2.77. The van der Waals surface area contributed by atoms with Gasteiger partial charge in [-0.3, -0.25) is 4.79 Å². The zero-order valence-electron chi connectivity index (χ0n) is 10.3. The van der Waals surface area contributed by atoms with E-state index in [1.165, 1.54) is 12.1 Å². The minimum atomic E-state index is -0.539. The SMILES string of the molecule is CC/C(=N/NC(=O)c1ccccc1F)C(C)C. The second-order valence-electron chi connectivity index (χ2n) is 4.03. The molecule has 0 saturated heterocycles. The molecule has 0 heterocycles. The summed E-state index contributed by atoms with van der Waals surface area (Å²) in [6, 6.07) is 5.84. The first-order chi connectivity index (χ1) is 8.06. The largest absolute Gasteiger partial charge is 0.274 e. The third-order valence-corrected chi connectivity index (χ3v) is 2.45. The lowest BCUT2D eigenvalue weighted by atomic mass is 10.1. The number of amides is 1. The minimum absolute atomic E-state index is 0.00968. The zero-order valence-corrected chi connectivity index (χ0v) is 10.3. The van der Waals surface area contributed by atoms with Crippen LogP contribution in [0.4, 0.5) is 4.39 Å². The van der Waals surface area contributed by atoms with Crippen molar-refractivity contribution in [1.82, 2.24) is 5.43 Å². The topological polar surface area (TPSA) is 41.5 Å². The third kappa shape index (κ3) is 3.66. The molecule has 1 aromatic rings. The highest BCUT2D eigenvalue weighted by Crippen LogP contribution is 2.06. The van der Waals surface area contributed by atoms with Crippen LogP contribution in [0.3, 0.4) is 0 Å². The molecule has 1 rings (SSSR count). The molecule has 0 atom stereocenters. The molecule has 0 unspecified atom stereocenters. The van der Waals surface area contributed by atoms with E-state index in [4.69, 9.17) is 0 Å². The molecule has 1 aromatic carbocycles. The van der Waals surface area contributed by atoms with Crippen LogP contribution in [0.15, 0.2) is 29.4 Å². The molecular formula is C13H17FN2O. The first kappa shape index (κ1) is 13.4. The molecule has 4 heteroatoms. The van der Waals surface area contributed by atoms with E-state index in [9.17, 15) is 9.18 Å². The quantitative estimate of drug-likeness (QED) is 0.633. The van der Waals surface area contributed by atoms with Crippen LogP contribution in [0.1, 0.15) is 37.6 Å². The summed E-state index contributed by atoms with van der Waals surface area (Å²) in [5.41, 5.74) is 3.27. The molecule has 0 aromatic heterocycles. The highest BCUT2D eigenvalue weighted by atomic mass is 19.1. The van der Waals surface area contributed by atoms with Crippen LogP contribution in [0.2, 0.25) is 0 Å². The Morgan fingerprint density at radius 3 is 2.59 bits per heavy atom. The van der Waals surface area contributed by atoms with Crippen LogP contribution < -0.4 is 5.43 Å². The Morgan fingerprint density at radius 2 is 2.06 bits per heavy atom. The van der Waals surface area contributed by atoms with E-state index in [0.717, 1.165) is 12.1 Å². The van der Waals surface area contributed by atoms with Crippen molar-refractivity contribution in [3.05, 3.63) is 35.6 Å². The van der Waals surface area contributed by atoms with Gasteiger partial charge in [-0.25, -0.2) is 9.82 Å². The summed E-state index contributed by atoms with van der Waals surface area (Å²) in [4.78, 5) is 11.7. The fourth-order valence-corrected chi connectivity index (χ4v) is 1.44. The van der Waals surface area contributed by atoms with Gasteiger partial charge in [-0.1, -0.05) is 32.9 Å². The van der Waals surface area contributed by atoms with Crippen LogP contribution in [-0.2, 0) is 0 Å². The Hall–Kier alpha value is -1.71. The van der Waals surface area contributed by atoms with E-state index in [-0.39, 0.29) is 11.5 Å². The molecule has 0 radical (unpaired) electrons. The van der Waals surface area contributed by atoms with Crippen molar-refractivity contribution in [2.24, 2.45) is 11.0 Å². The predicted octanol–water partition coefficient (Wildman–Crippen LogP) is 2.98. The molecule has 1 amide bonds. The van der Waals surface area contributed by atoms with E-state index in [0.29, 0.717) is 0 Å². The number of hydrogen-bond donors (Lipinski definition) is 1. The molecule has 0 aliphatic carbocycles. The first-order valence-corrected chi connectivity index (χ1v) is 5.67. The molecule has 1 N–H and O–H groups in total. The number of hydrazone groups is 1. The van der Waals surface area contributed by atoms with Gasteiger partial charge in [-0.05, 0) is 24.5 Å². The lowest BCUT2D eigenvalue weighted by Gasteiger charge is -2.08. The maximum Gasteiger partial charge on any atom is 0.274 e. The molecule has 17 heavy (non-hydrogen) atoms. The Kier molecular flexibility index (Phi) is 4.82. The van der Waals surface area contributed by atoms with Crippen molar-refractivity contribution < 1.29 is 9.18 Å². The number of carbonyl (C=O) groups excluding carboxylic acids is 1. The van der Waals surface area contributed by atoms with Gasteiger partial charge in [-0.2, -0.15) is 5.10 Å². The molecule has 0 aliphatic heterocycles. The minimum Gasteiger partial charge on any atom is -0.267 e. The van der Waals surface area contributed by atoms with Crippen molar-refractivity contribution in [2.45, 2.75) is 27.2 Å². The number of halogens is 1. The number of rotatable bonds is 4. The van der Waals surface area contributed by atoms with Gasteiger partial charge in [0.05, 0.1) is 5.56 Å². The van der Waals surface area contributed by atoms with E-state index in [1.54, 1.807) is 12.1 Å². The van der Waals surface area contributed by atoms with Crippen LogP contribution in [-0.4, -0.2) is 11.6 Å². The maximum absolute atomic E-state index is 13.3. The predicted molar refractivity (Wildman–Crippen MR) is 66.4 cm³/mol. The number of carbonyl (C=O) groups is 1. The Labute approximate surface area is 101 Å². The van der Waals surface area contributed by atoms with Crippen molar-refractivity contribution in [2.75, 3.05) is 0 Å². The van der Waals surface area contributed by atoms with E-state index in [1.807, 2.05) is 20.8 Å². The molecule has 0 spiro atoms. The van der Waals surface area contributed by atoms with Gasteiger partial charge < -0.3 is 0 Å². The van der Waals surface area contributed by atoms with E-state index < -0.39 is 11.7 Å². The van der Waals surface area contributed by atoms with Gasteiger partial charge in [-0.15, -0.1) is 0 Å². The number of nitrogens with one attached hydrogen (secondary N) is 1. The van der Waals surface area contributed by atoms with Gasteiger partial charge in [0.15, 0.2) is 0 Å². The van der Waals surface area contributed by atoms with Crippen LogP contribution in [0.5, 0.6) is 0 Å². The molecule has 0 aliphatic rings. The molecule has 0 bridgehead atoms. The van der Waals surface area contributed by atoms with E-state index >= 15 is 0 Å². The average molecular weight is 236 g/mol. The van der Waals surface area contributed by atoms with Crippen molar-refractivity contribution in [3.63, 3.8) is 0 Å². The number of nitrogens with zero attached hydrogens (tertiary/aromatic N) is 1. The Bertz CT molecular complexity index is 427. The van der Waals surface area contributed by atoms with Gasteiger partial charge in [0.25, 0.3) is 5.91 Å². The summed E-state index contributed by atoms with van der Waals surface area (Å²) in [5.74, 6) is -0.793. The van der Waals surface area contributed by atoms with Crippen LogP contribution in [0.25, 0.3) is 0 Å². The lowest BCUT2D eigenvalue weighted by molar-refractivity contribution is 0.0950. The normalized spacial score (nSPS) is 11.7. The number of benzene rings is 1. The first-order valence-electron chi connectivity index (χ1n) is 5.67.